The summed E-state index contributed by atoms with van der Waals surface area (Å²) in [6, 6.07) is 12.5. The number of hydrogen-bond acceptors (Lipinski definition) is 7. The standard InChI is InChI=1S/C21H25N7O2/c1-14-7-8-22-18(11-14)28-20-13-19(25-15(2)26-20)23-9-10-24-21(29)27-16-5-4-6-17(12-16)30-3/h4-8,11-13H,9-10H2,1-3H3,(H2,24,27,29)(H2,22,23,25,26,28). The number of ether oxygens (including phenoxy) is 1. The van der Waals surface area contributed by atoms with Crippen LogP contribution in [0.4, 0.5) is 27.9 Å². The highest BCUT2D eigenvalue weighted by molar-refractivity contribution is 5.89. The Morgan fingerprint density at radius 1 is 1.00 bits per heavy atom. The van der Waals surface area contributed by atoms with Gasteiger partial charge < -0.3 is 26.0 Å². The smallest absolute Gasteiger partial charge is 0.319 e. The summed E-state index contributed by atoms with van der Waals surface area (Å²) in [6.45, 7) is 4.74. The first-order valence-corrected chi connectivity index (χ1v) is 9.50. The summed E-state index contributed by atoms with van der Waals surface area (Å²) in [5.41, 5.74) is 1.77. The first kappa shape index (κ1) is 20.8. The molecule has 0 aliphatic carbocycles. The number of pyridine rings is 1. The average Bonchev–Trinajstić information content (AvgIpc) is 2.71. The minimum absolute atomic E-state index is 0.295. The number of aromatic nitrogens is 3. The number of amides is 2. The first-order chi connectivity index (χ1) is 14.5. The summed E-state index contributed by atoms with van der Waals surface area (Å²) in [5.74, 6) is 3.33. The summed E-state index contributed by atoms with van der Waals surface area (Å²) in [6.07, 6.45) is 1.74. The van der Waals surface area contributed by atoms with Gasteiger partial charge in [-0.25, -0.2) is 19.7 Å². The van der Waals surface area contributed by atoms with Gasteiger partial charge in [-0.2, -0.15) is 0 Å². The minimum atomic E-state index is -0.295. The Kier molecular flexibility index (Phi) is 6.99. The average molecular weight is 407 g/mol. The number of benzene rings is 1. The van der Waals surface area contributed by atoms with Crippen LogP contribution in [0.1, 0.15) is 11.4 Å². The third-order valence-corrected chi connectivity index (χ3v) is 4.05. The summed E-state index contributed by atoms with van der Waals surface area (Å²) in [7, 11) is 1.58. The number of nitrogens with zero attached hydrogens (tertiary/aromatic N) is 3. The predicted octanol–water partition coefficient (Wildman–Crippen LogP) is 3.47. The molecule has 2 aromatic heterocycles. The van der Waals surface area contributed by atoms with E-state index >= 15 is 0 Å². The van der Waals surface area contributed by atoms with Crippen LogP contribution in [-0.2, 0) is 0 Å². The summed E-state index contributed by atoms with van der Waals surface area (Å²) >= 11 is 0. The summed E-state index contributed by atoms with van der Waals surface area (Å²) in [5, 5.41) is 11.9. The van der Waals surface area contributed by atoms with E-state index in [1.807, 2.05) is 38.1 Å². The number of carbonyl (C=O) groups is 1. The molecule has 2 heterocycles. The highest BCUT2D eigenvalue weighted by Gasteiger charge is 2.05. The Labute approximate surface area is 175 Å². The van der Waals surface area contributed by atoms with Crippen molar-refractivity contribution in [2.24, 2.45) is 0 Å². The van der Waals surface area contributed by atoms with Gasteiger partial charge in [-0.1, -0.05) is 6.07 Å². The Morgan fingerprint density at radius 2 is 1.83 bits per heavy atom. The molecule has 3 rings (SSSR count). The lowest BCUT2D eigenvalue weighted by atomic mass is 10.3. The summed E-state index contributed by atoms with van der Waals surface area (Å²) < 4.78 is 5.14. The van der Waals surface area contributed by atoms with Crippen LogP contribution in [0, 0.1) is 13.8 Å². The van der Waals surface area contributed by atoms with E-state index in [0.29, 0.717) is 42.0 Å². The second kappa shape index (κ2) is 10.1. The van der Waals surface area contributed by atoms with Crippen molar-refractivity contribution in [3.8, 4) is 5.75 Å². The van der Waals surface area contributed by atoms with Crippen molar-refractivity contribution >= 4 is 29.2 Å². The van der Waals surface area contributed by atoms with Gasteiger partial charge in [-0.15, -0.1) is 0 Å². The van der Waals surface area contributed by atoms with Gasteiger partial charge in [0.05, 0.1) is 7.11 Å². The van der Waals surface area contributed by atoms with Crippen molar-refractivity contribution in [3.63, 3.8) is 0 Å². The largest absolute Gasteiger partial charge is 0.497 e. The van der Waals surface area contributed by atoms with Gasteiger partial charge in [0, 0.05) is 37.1 Å². The number of hydrogen-bond donors (Lipinski definition) is 4. The highest BCUT2D eigenvalue weighted by atomic mass is 16.5. The first-order valence-electron chi connectivity index (χ1n) is 9.50. The van der Waals surface area contributed by atoms with Crippen LogP contribution in [0.3, 0.4) is 0 Å². The van der Waals surface area contributed by atoms with Crippen molar-refractivity contribution < 1.29 is 9.53 Å². The molecule has 3 aromatic rings. The van der Waals surface area contributed by atoms with Gasteiger partial charge in [0.2, 0.25) is 0 Å². The molecule has 2 amide bonds. The number of urea groups is 1. The van der Waals surface area contributed by atoms with Crippen LogP contribution in [0.15, 0.2) is 48.7 Å². The lowest BCUT2D eigenvalue weighted by Gasteiger charge is -2.11. The molecule has 1 aromatic carbocycles. The second-order valence-corrected chi connectivity index (χ2v) is 6.57. The Bertz CT molecular complexity index is 1010. The zero-order valence-corrected chi connectivity index (χ0v) is 17.2. The maximum absolute atomic E-state index is 12.0. The van der Waals surface area contributed by atoms with E-state index in [2.05, 4.69) is 36.2 Å². The fraction of sp³-hybridized carbons (Fsp3) is 0.238. The van der Waals surface area contributed by atoms with E-state index in [1.165, 1.54) is 0 Å². The van der Waals surface area contributed by atoms with Crippen LogP contribution < -0.4 is 26.0 Å². The molecule has 9 heteroatoms. The van der Waals surface area contributed by atoms with Crippen LogP contribution in [0.5, 0.6) is 5.75 Å². The molecule has 0 spiro atoms. The number of carbonyl (C=O) groups excluding carboxylic acids is 1. The van der Waals surface area contributed by atoms with Crippen molar-refractivity contribution in [1.29, 1.82) is 0 Å². The zero-order chi connectivity index (χ0) is 21.3. The fourth-order valence-corrected chi connectivity index (χ4v) is 2.70. The van der Waals surface area contributed by atoms with Crippen LogP contribution in [0.2, 0.25) is 0 Å². The Morgan fingerprint density at radius 3 is 2.63 bits per heavy atom. The minimum Gasteiger partial charge on any atom is -0.497 e. The lowest BCUT2D eigenvalue weighted by Crippen LogP contribution is -2.32. The van der Waals surface area contributed by atoms with Gasteiger partial charge in [-0.05, 0) is 43.7 Å². The van der Waals surface area contributed by atoms with E-state index in [4.69, 9.17) is 4.74 Å². The molecule has 0 aliphatic rings. The molecule has 0 aliphatic heterocycles. The fourth-order valence-electron chi connectivity index (χ4n) is 2.70. The molecule has 0 bridgehead atoms. The van der Waals surface area contributed by atoms with E-state index in [1.54, 1.807) is 31.5 Å². The van der Waals surface area contributed by atoms with Crippen molar-refractivity contribution in [3.05, 3.63) is 60.0 Å². The monoisotopic (exact) mass is 407 g/mol. The predicted molar refractivity (Wildman–Crippen MR) is 118 cm³/mol. The zero-order valence-electron chi connectivity index (χ0n) is 17.2. The topological polar surface area (TPSA) is 113 Å². The maximum atomic E-state index is 12.0. The maximum Gasteiger partial charge on any atom is 0.319 e. The SMILES string of the molecule is COc1cccc(NC(=O)NCCNc2cc(Nc3cc(C)ccn3)nc(C)n2)c1. The van der Waals surface area contributed by atoms with Gasteiger partial charge in [0.15, 0.2) is 0 Å². The van der Waals surface area contributed by atoms with Gasteiger partial charge in [0.1, 0.15) is 29.0 Å². The summed E-state index contributed by atoms with van der Waals surface area (Å²) in [4.78, 5) is 25.1. The normalized spacial score (nSPS) is 10.2. The number of methoxy groups -OCH3 is 1. The van der Waals surface area contributed by atoms with Crippen LogP contribution in [0.25, 0.3) is 0 Å². The molecular weight excluding hydrogens is 382 g/mol. The highest BCUT2D eigenvalue weighted by Crippen LogP contribution is 2.17. The molecule has 9 nitrogen and oxygen atoms in total. The van der Waals surface area contributed by atoms with Crippen LogP contribution in [-0.4, -0.2) is 41.2 Å². The molecule has 0 radical (unpaired) electrons. The van der Waals surface area contributed by atoms with E-state index in [9.17, 15) is 4.79 Å². The Balaban J connectivity index is 1.48. The van der Waals surface area contributed by atoms with E-state index in [0.717, 1.165) is 11.4 Å². The van der Waals surface area contributed by atoms with Crippen molar-refractivity contribution in [2.75, 3.05) is 36.1 Å². The third kappa shape index (κ3) is 6.33. The molecule has 4 N–H and O–H groups in total. The van der Waals surface area contributed by atoms with Crippen molar-refractivity contribution in [1.82, 2.24) is 20.3 Å². The number of rotatable bonds is 8. The molecular formula is C21H25N7O2. The van der Waals surface area contributed by atoms with E-state index < -0.39 is 0 Å². The number of aryl methyl sites for hydroxylation is 2. The van der Waals surface area contributed by atoms with Gasteiger partial charge in [-0.3, -0.25) is 0 Å². The van der Waals surface area contributed by atoms with Crippen molar-refractivity contribution in [2.45, 2.75) is 13.8 Å². The molecule has 0 fully saturated rings. The molecule has 156 valence electrons. The molecule has 0 saturated heterocycles. The van der Waals surface area contributed by atoms with Gasteiger partial charge >= 0.3 is 6.03 Å². The second-order valence-electron chi connectivity index (χ2n) is 6.57. The van der Waals surface area contributed by atoms with Crippen LogP contribution >= 0.6 is 0 Å². The third-order valence-electron chi connectivity index (χ3n) is 4.05. The van der Waals surface area contributed by atoms with E-state index in [-0.39, 0.29) is 6.03 Å². The molecule has 0 saturated carbocycles. The van der Waals surface area contributed by atoms with Gasteiger partial charge in [0.25, 0.3) is 0 Å². The number of nitrogens with one attached hydrogen (secondary N) is 4. The Hall–Kier alpha value is -3.88. The lowest BCUT2D eigenvalue weighted by molar-refractivity contribution is 0.252. The molecule has 0 unspecified atom stereocenters. The molecule has 0 atom stereocenters. The molecule has 30 heavy (non-hydrogen) atoms. The quantitative estimate of drug-likeness (QED) is 0.423. The number of anilines is 4.